The summed E-state index contributed by atoms with van der Waals surface area (Å²) in [5.41, 5.74) is 2.98. The third kappa shape index (κ3) is 4.57. The van der Waals surface area contributed by atoms with Crippen LogP contribution in [0, 0.1) is 25.2 Å². The minimum atomic E-state index is -0.362. The van der Waals surface area contributed by atoms with E-state index in [0.29, 0.717) is 10.6 Å². The van der Waals surface area contributed by atoms with Crippen molar-refractivity contribution in [3.05, 3.63) is 51.6 Å². The molecule has 2 rings (SSSR count). The lowest BCUT2D eigenvalue weighted by Gasteiger charge is -2.13. The molecule has 118 valence electrons. The van der Waals surface area contributed by atoms with Gasteiger partial charge in [0.15, 0.2) is 0 Å². The molecule has 0 saturated heterocycles. The smallest absolute Gasteiger partial charge is 0.237 e. The molecule has 0 fully saturated rings. The molecule has 0 unspecified atom stereocenters. The zero-order valence-corrected chi connectivity index (χ0v) is 15.5. The highest BCUT2D eigenvalue weighted by Gasteiger charge is 2.18. The van der Waals surface area contributed by atoms with Crippen molar-refractivity contribution in [3.63, 3.8) is 0 Å². The Hall–Kier alpha value is -1.84. The number of anilines is 1. The Kier molecular flexibility index (Phi) is 5.80. The van der Waals surface area contributed by atoms with Crippen molar-refractivity contribution in [3.8, 4) is 6.07 Å². The van der Waals surface area contributed by atoms with Crippen LogP contribution >= 0.6 is 27.7 Å². The largest absolute Gasteiger partial charge is 0.325 e. The zero-order chi connectivity index (χ0) is 17.0. The van der Waals surface area contributed by atoms with Crippen LogP contribution in [0.2, 0.25) is 0 Å². The number of aryl methyl sites for hydroxylation is 2. The van der Waals surface area contributed by atoms with Gasteiger partial charge in [0.25, 0.3) is 0 Å². The summed E-state index contributed by atoms with van der Waals surface area (Å²) in [4.78, 5) is 16.7. The van der Waals surface area contributed by atoms with E-state index in [4.69, 9.17) is 0 Å². The van der Waals surface area contributed by atoms with E-state index in [1.54, 1.807) is 6.92 Å². The third-order valence-corrected chi connectivity index (χ3v) is 4.81. The van der Waals surface area contributed by atoms with Crippen LogP contribution in [0.5, 0.6) is 0 Å². The number of hydrogen-bond acceptors (Lipinski definition) is 4. The predicted octanol–water partition coefficient (Wildman–Crippen LogP) is 4.45. The SMILES string of the molecule is Cc1cc(C)c(C#N)c(S[C@@H](C)C(=O)Nc2ccc(Br)cc2)n1. The van der Waals surface area contributed by atoms with Gasteiger partial charge in [-0.25, -0.2) is 4.98 Å². The first kappa shape index (κ1) is 17.5. The van der Waals surface area contributed by atoms with Gasteiger partial charge in [0, 0.05) is 15.9 Å². The van der Waals surface area contributed by atoms with Gasteiger partial charge >= 0.3 is 0 Å². The van der Waals surface area contributed by atoms with Gasteiger partial charge in [0.2, 0.25) is 5.91 Å². The van der Waals surface area contributed by atoms with Crippen molar-refractivity contribution in [1.82, 2.24) is 4.98 Å². The molecule has 0 saturated carbocycles. The van der Waals surface area contributed by atoms with E-state index in [9.17, 15) is 10.1 Å². The summed E-state index contributed by atoms with van der Waals surface area (Å²) >= 11 is 4.66. The number of nitriles is 1. The van der Waals surface area contributed by atoms with Gasteiger partial charge < -0.3 is 5.32 Å². The molecular weight excluding hydrogens is 374 g/mol. The van der Waals surface area contributed by atoms with Crippen LogP contribution in [0.4, 0.5) is 5.69 Å². The van der Waals surface area contributed by atoms with Gasteiger partial charge in [0.05, 0.1) is 10.8 Å². The fraction of sp³-hybridized carbons (Fsp3) is 0.235. The number of thioether (sulfide) groups is 1. The molecule has 1 amide bonds. The average molecular weight is 390 g/mol. The van der Waals surface area contributed by atoms with Crippen LogP contribution < -0.4 is 5.32 Å². The normalized spacial score (nSPS) is 11.6. The van der Waals surface area contributed by atoms with E-state index in [1.165, 1.54) is 11.8 Å². The second-order valence-electron chi connectivity index (χ2n) is 5.13. The molecule has 1 atom stereocenters. The first-order valence-corrected chi connectivity index (χ1v) is 8.69. The molecule has 1 aromatic carbocycles. The average Bonchev–Trinajstić information content (AvgIpc) is 2.49. The van der Waals surface area contributed by atoms with Crippen LogP contribution in [0.1, 0.15) is 23.7 Å². The number of nitrogens with one attached hydrogen (secondary N) is 1. The summed E-state index contributed by atoms with van der Waals surface area (Å²) in [6.45, 7) is 5.56. The fourth-order valence-corrected chi connectivity index (χ4v) is 3.31. The first-order chi connectivity index (χ1) is 10.9. The minimum absolute atomic E-state index is 0.123. The van der Waals surface area contributed by atoms with Gasteiger partial charge in [-0.15, -0.1) is 0 Å². The number of carbonyl (C=O) groups excluding carboxylic acids is 1. The molecule has 0 aliphatic heterocycles. The third-order valence-electron chi connectivity index (χ3n) is 3.19. The van der Waals surface area contributed by atoms with E-state index in [1.807, 2.05) is 44.2 Å². The highest BCUT2D eigenvalue weighted by molar-refractivity contribution is 9.10. The van der Waals surface area contributed by atoms with Crippen molar-refractivity contribution in [2.24, 2.45) is 0 Å². The molecule has 2 aromatic rings. The molecule has 0 aliphatic carbocycles. The van der Waals surface area contributed by atoms with Crippen molar-refractivity contribution >= 4 is 39.3 Å². The summed E-state index contributed by atoms with van der Waals surface area (Å²) < 4.78 is 0.955. The summed E-state index contributed by atoms with van der Waals surface area (Å²) in [5.74, 6) is -0.123. The Morgan fingerprint density at radius 2 is 2.00 bits per heavy atom. The van der Waals surface area contributed by atoms with Gasteiger partial charge in [-0.05, 0) is 56.7 Å². The number of benzene rings is 1. The number of nitrogens with zero attached hydrogens (tertiary/aromatic N) is 2. The van der Waals surface area contributed by atoms with Gasteiger partial charge in [-0.2, -0.15) is 5.26 Å². The molecule has 1 heterocycles. The molecule has 4 nitrogen and oxygen atoms in total. The van der Waals surface area contributed by atoms with Crippen molar-refractivity contribution < 1.29 is 4.79 Å². The summed E-state index contributed by atoms with van der Waals surface area (Å²) in [5, 5.41) is 12.4. The molecule has 6 heteroatoms. The van der Waals surface area contributed by atoms with Crippen LogP contribution in [-0.2, 0) is 4.79 Å². The molecule has 0 radical (unpaired) electrons. The summed E-state index contributed by atoms with van der Waals surface area (Å²) in [6.07, 6.45) is 0. The Labute approximate surface area is 148 Å². The van der Waals surface area contributed by atoms with E-state index < -0.39 is 0 Å². The standard InChI is InChI=1S/C17H16BrN3OS/c1-10-8-11(2)20-17(15(10)9-19)23-12(3)16(22)21-14-6-4-13(18)5-7-14/h4-8,12H,1-3H3,(H,21,22)/t12-/m0/s1. The van der Waals surface area contributed by atoms with Crippen LogP contribution in [0.25, 0.3) is 0 Å². The molecule has 0 bridgehead atoms. The van der Waals surface area contributed by atoms with Crippen molar-refractivity contribution in [1.29, 1.82) is 5.26 Å². The molecule has 1 N–H and O–H groups in total. The maximum Gasteiger partial charge on any atom is 0.237 e. The summed E-state index contributed by atoms with van der Waals surface area (Å²) in [6, 6.07) is 11.4. The van der Waals surface area contributed by atoms with Crippen LogP contribution in [0.3, 0.4) is 0 Å². The number of hydrogen-bond donors (Lipinski definition) is 1. The number of aromatic nitrogens is 1. The molecule has 23 heavy (non-hydrogen) atoms. The Morgan fingerprint density at radius 1 is 1.35 bits per heavy atom. The predicted molar refractivity (Wildman–Crippen MR) is 96.5 cm³/mol. The first-order valence-electron chi connectivity index (χ1n) is 7.02. The van der Waals surface area contributed by atoms with E-state index in [-0.39, 0.29) is 11.2 Å². The Morgan fingerprint density at radius 3 is 2.61 bits per heavy atom. The van der Waals surface area contributed by atoms with E-state index >= 15 is 0 Å². The summed E-state index contributed by atoms with van der Waals surface area (Å²) in [7, 11) is 0. The lowest BCUT2D eigenvalue weighted by atomic mass is 10.1. The number of halogens is 1. The number of amides is 1. The molecular formula is C17H16BrN3OS. The zero-order valence-electron chi connectivity index (χ0n) is 13.1. The Balaban J connectivity index is 2.12. The molecule has 1 aromatic heterocycles. The lowest BCUT2D eigenvalue weighted by molar-refractivity contribution is -0.115. The highest BCUT2D eigenvalue weighted by Crippen LogP contribution is 2.28. The maximum absolute atomic E-state index is 12.3. The van der Waals surface area contributed by atoms with Crippen LogP contribution in [-0.4, -0.2) is 16.1 Å². The van der Waals surface area contributed by atoms with Gasteiger partial charge in [-0.3, -0.25) is 4.79 Å². The Bertz CT molecular complexity index is 769. The number of pyridine rings is 1. The highest BCUT2D eigenvalue weighted by atomic mass is 79.9. The molecule has 0 aliphatic rings. The van der Waals surface area contributed by atoms with E-state index in [0.717, 1.165) is 21.4 Å². The number of rotatable bonds is 4. The second kappa shape index (κ2) is 7.62. The van der Waals surface area contributed by atoms with Gasteiger partial charge in [0.1, 0.15) is 11.1 Å². The topological polar surface area (TPSA) is 65.8 Å². The maximum atomic E-state index is 12.3. The van der Waals surface area contributed by atoms with Gasteiger partial charge in [-0.1, -0.05) is 27.7 Å². The van der Waals surface area contributed by atoms with Crippen molar-refractivity contribution in [2.45, 2.75) is 31.0 Å². The van der Waals surface area contributed by atoms with E-state index in [2.05, 4.69) is 32.3 Å². The van der Waals surface area contributed by atoms with Crippen LogP contribution in [0.15, 0.2) is 39.8 Å². The monoisotopic (exact) mass is 389 g/mol. The second-order valence-corrected chi connectivity index (χ2v) is 7.37. The quantitative estimate of drug-likeness (QED) is 0.784. The lowest BCUT2D eigenvalue weighted by Crippen LogP contribution is -2.22. The fourth-order valence-electron chi connectivity index (χ4n) is 2.02. The van der Waals surface area contributed by atoms with Crippen molar-refractivity contribution in [2.75, 3.05) is 5.32 Å². The minimum Gasteiger partial charge on any atom is -0.325 e. The number of carbonyl (C=O) groups is 1. The molecule has 0 spiro atoms.